The number of aromatic nitrogens is 2. The quantitative estimate of drug-likeness (QED) is 0.651. The zero-order valence-electron chi connectivity index (χ0n) is 7.43. The number of hydrogen-bond acceptors (Lipinski definition) is 6. The first-order valence-electron chi connectivity index (χ1n) is 3.95. The standard InChI is InChI=1S/C7H13N3O3/c1-12-4-6-9-7(13-10-6)5(8)2-3-11/h5,11H,2-4,8H2,1H3. The molecule has 0 saturated heterocycles. The van der Waals surface area contributed by atoms with Gasteiger partial charge >= 0.3 is 0 Å². The van der Waals surface area contributed by atoms with Gasteiger partial charge in [-0.3, -0.25) is 0 Å². The highest BCUT2D eigenvalue weighted by molar-refractivity contribution is 4.90. The summed E-state index contributed by atoms with van der Waals surface area (Å²) in [5.74, 6) is 0.798. The number of rotatable bonds is 5. The zero-order valence-corrected chi connectivity index (χ0v) is 7.43. The maximum absolute atomic E-state index is 8.61. The van der Waals surface area contributed by atoms with Crippen molar-refractivity contribution in [2.24, 2.45) is 5.73 Å². The highest BCUT2D eigenvalue weighted by Crippen LogP contribution is 2.10. The van der Waals surface area contributed by atoms with Crippen LogP contribution in [0.4, 0.5) is 0 Å². The first-order valence-corrected chi connectivity index (χ1v) is 3.95. The van der Waals surface area contributed by atoms with Gasteiger partial charge in [-0.15, -0.1) is 0 Å². The minimum absolute atomic E-state index is 0.00313. The van der Waals surface area contributed by atoms with Crippen molar-refractivity contribution in [2.45, 2.75) is 19.1 Å². The van der Waals surface area contributed by atoms with E-state index in [9.17, 15) is 0 Å². The van der Waals surface area contributed by atoms with Crippen LogP contribution in [0.15, 0.2) is 4.52 Å². The molecule has 0 amide bonds. The molecule has 0 spiro atoms. The number of aliphatic hydroxyl groups excluding tert-OH is 1. The molecule has 6 nitrogen and oxygen atoms in total. The summed E-state index contributed by atoms with van der Waals surface area (Å²) in [6.07, 6.45) is 0.411. The molecule has 0 aromatic carbocycles. The minimum Gasteiger partial charge on any atom is -0.396 e. The fourth-order valence-electron chi connectivity index (χ4n) is 0.868. The number of hydrogen-bond donors (Lipinski definition) is 2. The summed E-state index contributed by atoms with van der Waals surface area (Å²) in [4.78, 5) is 3.98. The van der Waals surface area contributed by atoms with Gasteiger partial charge in [-0.2, -0.15) is 4.98 Å². The maximum Gasteiger partial charge on any atom is 0.243 e. The van der Waals surface area contributed by atoms with E-state index < -0.39 is 6.04 Å². The lowest BCUT2D eigenvalue weighted by atomic mass is 10.2. The molecule has 1 unspecified atom stereocenters. The molecule has 1 rings (SSSR count). The van der Waals surface area contributed by atoms with Crippen LogP contribution in [0.5, 0.6) is 0 Å². The van der Waals surface area contributed by atoms with E-state index >= 15 is 0 Å². The molecule has 1 aromatic heterocycles. The minimum atomic E-state index is -0.400. The van der Waals surface area contributed by atoms with Crippen LogP contribution < -0.4 is 5.73 Å². The highest BCUT2D eigenvalue weighted by atomic mass is 16.5. The van der Waals surface area contributed by atoms with E-state index in [2.05, 4.69) is 10.1 Å². The number of ether oxygens (including phenoxy) is 1. The zero-order chi connectivity index (χ0) is 9.68. The molecule has 0 aliphatic heterocycles. The van der Waals surface area contributed by atoms with E-state index in [-0.39, 0.29) is 6.61 Å². The van der Waals surface area contributed by atoms with Crippen LogP contribution in [-0.4, -0.2) is 29.0 Å². The van der Waals surface area contributed by atoms with Crippen molar-refractivity contribution in [3.8, 4) is 0 Å². The van der Waals surface area contributed by atoms with Crippen molar-refractivity contribution in [3.63, 3.8) is 0 Å². The van der Waals surface area contributed by atoms with Crippen LogP contribution >= 0.6 is 0 Å². The number of methoxy groups -OCH3 is 1. The number of aliphatic hydroxyl groups is 1. The van der Waals surface area contributed by atoms with Gasteiger partial charge in [0.2, 0.25) is 5.89 Å². The Labute approximate surface area is 75.7 Å². The average Bonchev–Trinajstić information content (AvgIpc) is 2.54. The topological polar surface area (TPSA) is 94.4 Å². The molecule has 0 bridgehead atoms. The van der Waals surface area contributed by atoms with E-state index in [1.54, 1.807) is 7.11 Å². The largest absolute Gasteiger partial charge is 0.396 e. The fraction of sp³-hybridized carbons (Fsp3) is 0.714. The summed E-state index contributed by atoms with van der Waals surface area (Å²) >= 11 is 0. The monoisotopic (exact) mass is 187 g/mol. The first kappa shape index (κ1) is 10.1. The van der Waals surface area contributed by atoms with Gasteiger partial charge < -0.3 is 20.1 Å². The van der Waals surface area contributed by atoms with Crippen molar-refractivity contribution >= 4 is 0 Å². The Kier molecular flexibility index (Phi) is 3.81. The predicted octanol–water partition coefficient (Wildman–Crippen LogP) is -0.402. The summed E-state index contributed by atoms with van der Waals surface area (Å²) in [7, 11) is 1.55. The Morgan fingerprint density at radius 3 is 3.08 bits per heavy atom. The third-order valence-electron chi connectivity index (χ3n) is 1.51. The highest BCUT2D eigenvalue weighted by Gasteiger charge is 2.13. The summed E-state index contributed by atoms with van der Waals surface area (Å²) in [5.41, 5.74) is 5.62. The van der Waals surface area contributed by atoms with Crippen LogP contribution in [0, 0.1) is 0 Å². The van der Waals surface area contributed by atoms with E-state index in [1.807, 2.05) is 0 Å². The van der Waals surface area contributed by atoms with Crippen molar-refractivity contribution in [1.82, 2.24) is 10.1 Å². The summed E-state index contributed by atoms with van der Waals surface area (Å²) in [6, 6.07) is -0.400. The van der Waals surface area contributed by atoms with Crippen molar-refractivity contribution < 1.29 is 14.4 Å². The molecule has 1 heterocycles. The Balaban J connectivity index is 2.56. The lowest BCUT2D eigenvalue weighted by molar-refractivity contribution is 0.174. The van der Waals surface area contributed by atoms with E-state index in [0.717, 1.165) is 0 Å². The number of nitrogens with zero attached hydrogens (tertiary/aromatic N) is 2. The third-order valence-corrected chi connectivity index (χ3v) is 1.51. The van der Waals surface area contributed by atoms with Crippen LogP contribution in [0.2, 0.25) is 0 Å². The smallest absolute Gasteiger partial charge is 0.243 e. The van der Waals surface area contributed by atoms with Gasteiger partial charge in [0, 0.05) is 13.7 Å². The second kappa shape index (κ2) is 4.90. The Morgan fingerprint density at radius 2 is 2.46 bits per heavy atom. The van der Waals surface area contributed by atoms with Crippen molar-refractivity contribution in [2.75, 3.05) is 13.7 Å². The number of nitrogens with two attached hydrogens (primary N) is 1. The molecule has 0 aliphatic carbocycles. The molecule has 1 aromatic rings. The van der Waals surface area contributed by atoms with Gasteiger partial charge in [0.05, 0.1) is 6.04 Å². The van der Waals surface area contributed by atoms with Gasteiger partial charge in [0.25, 0.3) is 0 Å². The van der Waals surface area contributed by atoms with Gasteiger partial charge in [0.1, 0.15) is 6.61 Å². The molecular formula is C7H13N3O3. The van der Waals surface area contributed by atoms with Crippen LogP contribution in [0.25, 0.3) is 0 Å². The van der Waals surface area contributed by atoms with Crippen LogP contribution in [0.1, 0.15) is 24.2 Å². The molecule has 13 heavy (non-hydrogen) atoms. The molecule has 1 atom stereocenters. The van der Waals surface area contributed by atoms with Gasteiger partial charge in [-0.25, -0.2) is 0 Å². The Hall–Kier alpha value is -0.980. The van der Waals surface area contributed by atoms with E-state index in [1.165, 1.54) is 0 Å². The SMILES string of the molecule is COCc1noc(C(N)CCO)n1. The Morgan fingerprint density at radius 1 is 1.69 bits per heavy atom. The molecular weight excluding hydrogens is 174 g/mol. The van der Waals surface area contributed by atoms with Crippen molar-refractivity contribution in [3.05, 3.63) is 11.7 Å². The Bertz CT molecular complexity index is 251. The van der Waals surface area contributed by atoms with E-state index in [0.29, 0.717) is 24.7 Å². The van der Waals surface area contributed by atoms with Crippen LogP contribution in [-0.2, 0) is 11.3 Å². The average molecular weight is 187 g/mol. The maximum atomic E-state index is 8.61. The van der Waals surface area contributed by atoms with Crippen molar-refractivity contribution in [1.29, 1.82) is 0 Å². The normalized spacial score (nSPS) is 13.2. The predicted molar refractivity (Wildman–Crippen MR) is 43.6 cm³/mol. The second-order valence-electron chi connectivity index (χ2n) is 2.60. The molecule has 74 valence electrons. The lowest BCUT2D eigenvalue weighted by Crippen LogP contribution is -2.12. The summed E-state index contributed by atoms with van der Waals surface area (Å²) in [5, 5.41) is 12.3. The van der Waals surface area contributed by atoms with Gasteiger partial charge in [-0.1, -0.05) is 5.16 Å². The van der Waals surface area contributed by atoms with Gasteiger partial charge in [-0.05, 0) is 6.42 Å². The van der Waals surface area contributed by atoms with Gasteiger partial charge in [0.15, 0.2) is 5.82 Å². The first-order chi connectivity index (χ1) is 6.27. The molecule has 6 heteroatoms. The molecule has 0 saturated carbocycles. The molecule has 0 fully saturated rings. The molecule has 0 radical (unpaired) electrons. The molecule has 0 aliphatic rings. The fourth-order valence-corrected chi connectivity index (χ4v) is 0.868. The van der Waals surface area contributed by atoms with Crippen LogP contribution in [0.3, 0.4) is 0 Å². The second-order valence-corrected chi connectivity index (χ2v) is 2.60. The third kappa shape index (κ3) is 2.76. The molecule has 3 N–H and O–H groups in total. The van der Waals surface area contributed by atoms with E-state index in [4.69, 9.17) is 20.1 Å². The summed E-state index contributed by atoms with van der Waals surface area (Å²) < 4.78 is 9.66. The lowest BCUT2D eigenvalue weighted by Gasteiger charge is -2.01. The summed E-state index contributed by atoms with van der Waals surface area (Å²) in [6.45, 7) is 0.304.